The molecule has 0 amide bonds. The molecule has 6 rings (SSSR count). The van der Waals surface area contributed by atoms with Gasteiger partial charge in [0, 0.05) is 11.8 Å². The van der Waals surface area contributed by atoms with Crippen LogP contribution < -0.4 is 4.74 Å². The largest absolute Gasteiger partial charge is 0.481 e. The fourth-order valence-corrected chi connectivity index (χ4v) is 6.08. The van der Waals surface area contributed by atoms with E-state index < -0.39 is 30.5 Å². The van der Waals surface area contributed by atoms with Crippen LogP contribution >= 0.6 is 0 Å². The number of hydrogen-bond donors (Lipinski definition) is 0. The Morgan fingerprint density at radius 1 is 0.562 bits per heavy atom. The number of methoxy groups -OCH3 is 1. The number of pyridine rings is 1. The molecule has 1 fully saturated rings. The van der Waals surface area contributed by atoms with Crippen LogP contribution in [0, 0.1) is 6.92 Å². The van der Waals surface area contributed by atoms with Gasteiger partial charge in [-0.3, -0.25) is 0 Å². The molecule has 2 heterocycles. The maximum atomic E-state index is 7.04. The molecule has 0 saturated carbocycles. The monoisotopic (exact) mass is 645 g/mol. The Kier molecular flexibility index (Phi) is 12.0. The molecule has 1 aromatic heterocycles. The number of nitrogens with zero attached hydrogens (tertiary/aromatic N) is 1. The first-order valence-electron chi connectivity index (χ1n) is 16.4. The minimum atomic E-state index is -0.536. The fraction of sp³-hybridized carbons (Fsp3) is 0.293. The van der Waals surface area contributed by atoms with Crippen LogP contribution in [-0.2, 0) is 50.1 Å². The predicted molar refractivity (Wildman–Crippen MR) is 184 cm³/mol. The maximum Gasteiger partial charge on any atom is 0.216 e. The highest BCUT2D eigenvalue weighted by molar-refractivity contribution is 5.36. The quantitative estimate of drug-likeness (QED) is 0.115. The standard InChI is InChI=1S/C41H43NO6/c1-30-35(23-24-42-41(30)43-2)37-39(46-27-33-19-11-5-12-20-33)40(47-28-34-21-13-6-14-22-34)38(45-26-32-17-9-4-10-18-32)36(48-37)29-44-25-31-15-7-3-8-16-31/h3-24,36-40H,25-29H2,1-2H3/t36-,37-,38-,39-,40+/m1/s1. The van der Waals surface area contributed by atoms with Crippen LogP contribution in [0.25, 0.3) is 0 Å². The molecule has 0 spiro atoms. The third kappa shape index (κ3) is 8.75. The summed E-state index contributed by atoms with van der Waals surface area (Å²) in [6, 6.07) is 42.6. The van der Waals surface area contributed by atoms with Crippen molar-refractivity contribution < 1.29 is 28.4 Å². The molecule has 0 unspecified atom stereocenters. The smallest absolute Gasteiger partial charge is 0.216 e. The van der Waals surface area contributed by atoms with Gasteiger partial charge in [0.05, 0.1) is 40.1 Å². The summed E-state index contributed by atoms with van der Waals surface area (Å²) < 4.78 is 39.5. The highest BCUT2D eigenvalue weighted by atomic mass is 16.6. The van der Waals surface area contributed by atoms with Crippen molar-refractivity contribution >= 4 is 0 Å². The molecule has 5 atom stereocenters. The lowest BCUT2D eigenvalue weighted by Crippen LogP contribution is -2.58. The summed E-state index contributed by atoms with van der Waals surface area (Å²) in [5.41, 5.74) is 6.06. The SMILES string of the molecule is COc1nccc([C@H]2O[C@H](COCc3ccccc3)[C@@H](OCc3ccccc3)[C@H](OCc3ccccc3)[C@@H]2OCc2ccccc2)c1C. The molecule has 0 aliphatic carbocycles. The van der Waals surface area contributed by atoms with Gasteiger partial charge in [-0.05, 0) is 40.8 Å². The lowest BCUT2D eigenvalue weighted by atomic mass is 9.89. The molecule has 5 aromatic rings. The van der Waals surface area contributed by atoms with E-state index in [4.69, 9.17) is 28.4 Å². The van der Waals surface area contributed by atoms with Crippen molar-refractivity contribution in [2.45, 2.75) is 63.9 Å². The van der Waals surface area contributed by atoms with Crippen LogP contribution in [-0.4, -0.2) is 43.1 Å². The average molecular weight is 646 g/mol. The average Bonchev–Trinajstić information content (AvgIpc) is 3.14. The third-order valence-corrected chi connectivity index (χ3v) is 8.58. The first kappa shape index (κ1) is 33.5. The molecule has 248 valence electrons. The second-order valence-electron chi connectivity index (χ2n) is 11.9. The highest BCUT2D eigenvalue weighted by Crippen LogP contribution is 2.40. The Hall–Kier alpha value is -4.37. The molecule has 48 heavy (non-hydrogen) atoms. The second kappa shape index (κ2) is 17.2. The number of hydrogen-bond acceptors (Lipinski definition) is 7. The summed E-state index contributed by atoms with van der Waals surface area (Å²) in [4.78, 5) is 4.45. The lowest BCUT2D eigenvalue weighted by molar-refractivity contribution is -0.275. The topological polar surface area (TPSA) is 68.3 Å². The van der Waals surface area contributed by atoms with Crippen molar-refractivity contribution in [3.63, 3.8) is 0 Å². The van der Waals surface area contributed by atoms with E-state index in [2.05, 4.69) is 53.5 Å². The lowest BCUT2D eigenvalue weighted by Gasteiger charge is -2.46. The minimum Gasteiger partial charge on any atom is -0.481 e. The fourth-order valence-electron chi connectivity index (χ4n) is 6.08. The van der Waals surface area contributed by atoms with Gasteiger partial charge in [-0.25, -0.2) is 4.98 Å². The first-order chi connectivity index (χ1) is 23.7. The third-order valence-electron chi connectivity index (χ3n) is 8.58. The van der Waals surface area contributed by atoms with Gasteiger partial charge in [0.1, 0.15) is 30.5 Å². The van der Waals surface area contributed by atoms with Crippen molar-refractivity contribution in [2.24, 2.45) is 0 Å². The molecule has 4 aromatic carbocycles. The van der Waals surface area contributed by atoms with Crippen LogP contribution in [0.2, 0.25) is 0 Å². The zero-order valence-corrected chi connectivity index (χ0v) is 27.5. The summed E-state index contributed by atoms with van der Waals surface area (Å²) in [6.07, 6.45) is -0.805. The molecule has 0 bridgehead atoms. The Labute approximate surface area is 283 Å². The van der Waals surface area contributed by atoms with E-state index in [1.165, 1.54) is 0 Å². The number of aromatic nitrogens is 1. The molecular weight excluding hydrogens is 602 g/mol. The molecule has 1 aliphatic rings. The number of ether oxygens (including phenoxy) is 6. The van der Waals surface area contributed by atoms with Crippen molar-refractivity contribution in [2.75, 3.05) is 13.7 Å². The summed E-state index contributed by atoms with van der Waals surface area (Å²) >= 11 is 0. The van der Waals surface area contributed by atoms with E-state index in [9.17, 15) is 0 Å². The molecular formula is C41H43NO6. The zero-order valence-electron chi connectivity index (χ0n) is 27.5. The van der Waals surface area contributed by atoms with E-state index in [-0.39, 0.29) is 0 Å². The van der Waals surface area contributed by atoms with Gasteiger partial charge < -0.3 is 28.4 Å². The Bertz CT molecular complexity index is 1650. The van der Waals surface area contributed by atoms with Crippen LogP contribution in [0.4, 0.5) is 0 Å². The van der Waals surface area contributed by atoms with E-state index in [0.29, 0.717) is 38.9 Å². The normalized spacial score (nSPS) is 20.8. The first-order valence-corrected chi connectivity index (χ1v) is 16.4. The Morgan fingerprint density at radius 3 is 1.52 bits per heavy atom. The van der Waals surface area contributed by atoms with Crippen LogP contribution in [0.5, 0.6) is 5.88 Å². The zero-order chi connectivity index (χ0) is 33.0. The summed E-state index contributed by atoms with van der Waals surface area (Å²) in [5.74, 6) is 0.541. The van der Waals surface area contributed by atoms with Crippen molar-refractivity contribution in [3.05, 3.63) is 167 Å². The van der Waals surface area contributed by atoms with Gasteiger partial charge in [-0.15, -0.1) is 0 Å². The molecule has 7 nitrogen and oxygen atoms in total. The van der Waals surface area contributed by atoms with Crippen LogP contribution in [0.1, 0.15) is 39.5 Å². The van der Waals surface area contributed by atoms with Gasteiger partial charge in [0.25, 0.3) is 0 Å². The summed E-state index contributed by atoms with van der Waals surface area (Å²) in [6.45, 7) is 3.87. The Morgan fingerprint density at radius 2 is 1.02 bits per heavy atom. The number of benzene rings is 4. The van der Waals surface area contributed by atoms with E-state index in [1.54, 1.807) is 13.3 Å². The molecule has 0 N–H and O–H groups in total. The van der Waals surface area contributed by atoms with E-state index in [1.807, 2.05) is 85.8 Å². The van der Waals surface area contributed by atoms with Gasteiger partial charge >= 0.3 is 0 Å². The van der Waals surface area contributed by atoms with Gasteiger partial charge in [-0.1, -0.05) is 121 Å². The summed E-state index contributed by atoms with van der Waals surface area (Å²) in [7, 11) is 1.63. The molecule has 1 aliphatic heterocycles. The second-order valence-corrected chi connectivity index (χ2v) is 11.9. The van der Waals surface area contributed by atoms with Crippen molar-refractivity contribution in [1.82, 2.24) is 4.98 Å². The van der Waals surface area contributed by atoms with Gasteiger partial charge in [0.2, 0.25) is 5.88 Å². The summed E-state index contributed by atoms with van der Waals surface area (Å²) in [5, 5.41) is 0. The van der Waals surface area contributed by atoms with Crippen LogP contribution in [0.3, 0.4) is 0 Å². The minimum absolute atomic E-state index is 0.294. The molecule has 7 heteroatoms. The van der Waals surface area contributed by atoms with Crippen LogP contribution in [0.15, 0.2) is 134 Å². The molecule has 0 radical (unpaired) electrons. The van der Waals surface area contributed by atoms with Crippen molar-refractivity contribution in [3.8, 4) is 5.88 Å². The Balaban J connectivity index is 1.37. The van der Waals surface area contributed by atoms with Crippen molar-refractivity contribution in [1.29, 1.82) is 0 Å². The van der Waals surface area contributed by atoms with E-state index >= 15 is 0 Å². The predicted octanol–water partition coefficient (Wildman–Crippen LogP) is 7.81. The van der Waals surface area contributed by atoms with Gasteiger partial charge in [-0.2, -0.15) is 0 Å². The highest BCUT2D eigenvalue weighted by Gasteiger charge is 2.49. The maximum absolute atomic E-state index is 7.04. The van der Waals surface area contributed by atoms with Gasteiger partial charge in [0.15, 0.2) is 0 Å². The number of rotatable bonds is 15. The molecule has 1 saturated heterocycles. The van der Waals surface area contributed by atoms with E-state index in [0.717, 1.165) is 33.4 Å².